The Kier molecular flexibility index (Phi) is 4.85. The van der Waals surface area contributed by atoms with Crippen LogP contribution in [-0.4, -0.2) is 28.4 Å². The molecule has 1 fully saturated rings. The first-order chi connectivity index (χ1) is 12.6. The molecular formula is C19H17Cl2N3O2. The number of likely N-dealkylation sites (tertiary alicyclic amines) is 1. The van der Waals surface area contributed by atoms with Crippen molar-refractivity contribution in [2.75, 3.05) is 11.9 Å². The van der Waals surface area contributed by atoms with Gasteiger partial charge in [-0.05, 0) is 49.7 Å². The number of benzene rings is 2. The molecule has 1 amide bonds. The summed E-state index contributed by atoms with van der Waals surface area (Å²) in [5.74, 6) is 0.523. The summed E-state index contributed by atoms with van der Waals surface area (Å²) in [4.78, 5) is 19.3. The lowest BCUT2D eigenvalue weighted by atomic mass is 10.2. The van der Waals surface area contributed by atoms with E-state index >= 15 is 0 Å². The van der Waals surface area contributed by atoms with Gasteiger partial charge in [-0.25, -0.2) is 4.98 Å². The Bertz CT molecular complexity index is 924. The molecule has 0 unspecified atom stereocenters. The van der Waals surface area contributed by atoms with E-state index in [0.29, 0.717) is 28.2 Å². The van der Waals surface area contributed by atoms with Gasteiger partial charge in [0.1, 0.15) is 5.52 Å². The van der Waals surface area contributed by atoms with Gasteiger partial charge in [-0.3, -0.25) is 9.69 Å². The third kappa shape index (κ3) is 3.56. The lowest BCUT2D eigenvalue weighted by Crippen LogP contribution is -2.39. The van der Waals surface area contributed by atoms with Gasteiger partial charge in [-0.2, -0.15) is 0 Å². The maximum absolute atomic E-state index is 12.7. The van der Waals surface area contributed by atoms with E-state index in [-0.39, 0.29) is 11.9 Å². The number of halogens is 2. The molecule has 0 saturated carbocycles. The van der Waals surface area contributed by atoms with E-state index in [4.69, 9.17) is 27.6 Å². The Morgan fingerprint density at radius 3 is 2.96 bits per heavy atom. The van der Waals surface area contributed by atoms with Crippen LogP contribution in [-0.2, 0) is 11.3 Å². The largest absolute Gasteiger partial charge is 0.439 e. The van der Waals surface area contributed by atoms with Gasteiger partial charge in [0.2, 0.25) is 11.8 Å². The first kappa shape index (κ1) is 17.3. The van der Waals surface area contributed by atoms with Gasteiger partial charge in [-0.1, -0.05) is 35.3 Å². The van der Waals surface area contributed by atoms with Crippen molar-refractivity contribution in [2.24, 2.45) is 0 Å². The molecule has 0 spiro atoms. The molecule has 1 aliphatic heterocycles. The first-order valence-corrected chi connectivity index (χ1v) is 9.20. The molecule has 1 saturated heterocycles. The highest BCUT2D eigenvalue weighted by Gasteiger charge is 2.32. The SMILES string of the molecule is O=C(Nc1cc(Cl)ccc1Cl)[C@H]1CCCN1Cc1nc2ccccc2o1. The van der Waals surface area contributed by atoms with Crippen LogP contribution in [0.5, 0.6) is 0 Å². The minimum atomic E-state index is -0.250. The summed E-state index contributed by atoms with van der Waals surface area (Å²) in [5, 5.41) is 3.88. The number of nitrogens with one attached hydrogen (secondary N) is 1. The van der Waals surface area contributed by atoms with Crippen molar-refractivity contribution in [3.63, 3.8) is 0 Å². The van der Waals surface area contributed by atoms with Gasteiger partial charge >= 0.3 is 0 Å². The second-order valence-electron chi connectivity index (χ2n) is 6.32. The van der Waals surface area contributed by atoms with Crippen molar-refractivity contribution >= 4 is 45.9 Å². The summed E-state index contributed by atoms with van der Waals surface area (Å²) in [6.45, 7) is 1.32. The lowest BCUT2D eigenvalue weighted by molar-refractivity contribution is -0.120. The molecule has 7 heteroatoms. The van der Waals surface area contributed by atoms with Gasteiger partial charge in [0.25, 0.3) is 0 Å². The van der Waals surface area contributed by atoms with Gasteiger partial charge in [0, 0.05) is 5.02 Å². The summed E-state index contributed by atoms with van der Waals surface area (Å²) in [6.07, 6.45) is 1.73. The second-order valence-corrected chi connectivity index (χ2v) is 7.16. The number of carbonyl (C=O) groups is 1. The molecule has 1 aliphatic rings. The lowest BCUT2D eigenvalue weighted by Gasteiger charge is -2.22. The Balaban J connectivity index is 1.48. The number of hydrogen-bond donors (Lipinski definition) is 1. The number of aromatic nitrogens is 1. The molecule has 2 aromatic carbocycles. The van der Waals surface area contributed by atoms with Crippen LogP contribution in [0.4, 0.5) is 5.69 Å². The topological polar surface area (TPSA) is 58.4 Å². The van der Waals surface area contributed by atoms with Crippen molar-refractivity contribution < 1.29 is 9.21 Å². The van der Waals surface area contributed by atoms with E-state index in [1.54, 1.807) is 18.2 Å². The minimum absolute atomic E-state index is 0.0947. The number of para-hydroxylation sites is 2. The number of nitrogens with zero attached hydrogens (tertiary/aromatic N) is 2. The molecular weight excluding hydrogens is 373 g/mol. The second kappa shape index (κ2) is 7.27. The fraction of sp³-hybridized carbons (Fsp3) is 0.263. The molecule has 2 heterocycles. The van der Waals surface area contributed by atoms with E-state index in [1.807, 2.05) is 24.3 Å². The molecule has 3 aromatic rings. The number of fused-ring (bicyclic) bond motifs is 1. The van der Waals surface area contributed by atoms with Crippen molar-refractivity contribution in [1.82, 2.24) is 9.88 Å². The zero-order valence-corrected chi connectivity index (χ0v) is 15.4. The fourth-order valence-corrected chi connectivity index (χ4v) is 3.62. The summed E-state index contributed by atoms with van der Waals surface area (Å²) in [5.41, 5.74) is 2.11. The molecule has 1 N–H and O–H groups in total. The van der Waals surface area contributed by atoms with Crippen LogP contribution in [0, 0.1) is 0 Å². The Morgan fingerprint density at radius 2 is 2.12 bits per heavy atom. The predicted molar refractivity (Wildman–Crippen MR) is 103 cm³/mol. The number of hydrogen-bond acceptors (Lipinski definition) is 4. The Morgan fingerprint density at radius 1 is 1.27 bits per heavy atom. The average Bonchev–Trinajstić information content (AvgIpc) is 3.24. The fourth-order valence-electron chi connectivity index (χ4n) is 3.28. The summed E-state index contributed by atoms with van der Waals surface area (Å²) in [6, 6.07) is 12.4. The van der Waals surface area contributed by atoms with Gasteiger partial charge in [0.05, 0.1) is 23.3 Å². The highest BCUT2D eigenvalue weighted by atomic mass is 35.5. The smallest absolute Gasteiger partial charge is 0.241 e. The maximum atomic E-state index is 12.7. The van der Waals surface area contributed by atoms with E-state index in [1.165, 1.54) is 0 Å². The quantitative estimate of drug-likeness (QED) is 0.699. The first-order valence-electron chi connectivity index (χ1n) is 8.44. The van der Waals surface area contributed by atoms with Crippen LogP contribution >= 0.6 is 23.2 Å². The van der Waals surface area contributed by atoms with Crippen LogP contribution in [0.25, 0.3) is 11.1 Å². The van der Waals surface area contributed by atoms with Crippen molar-refractivity contribution in [1.29, 1.82) is 0 Å². The Labute approximate surface area is 160 Å². The van der Waals surface area contributed by atoms with E-state index in [2.05, 4.69) is 15.2 Å². The normalized spacial score (nSPS) is 17.7. The molecule has 0 aliphatic carbocycles. The molecule has 26 heavy (non-hydrogen) atoms. The summed E-state index contributed by atoms with van der Waals surface area (Å²) < 4.78 is 5.79. The monoisotopic (exact) mass is 389 g/mol. The molecule has 4 rings (SSSR count). The van der Waals surface area contributed by atoms with Crippen molar-refractivity contribution in [3.8, 4) is 0 Å². The highest BCUT2D eigenvalue weighted by Crippen LogP contribution is 2.28. The third-order valence-electron chi connectivity index (χ3n) is 4.53. The minimum Gasteiger partial charge on any atom is -0.439 e. The number of rotatable bonds is 4. The number of anilines is 1. The number of carbonyl (C=O) groups excluding carboxylic acids is 1. The standard InChI is InChI=1S/C19H17Cl2N3O2/c20-12-7-8-13(21)15(10-12)23-19(25)16-5-3-9-24(16)11-18-22-14-4-1-2-6-17(14)26-18/h1-2,4,6-8,10,16H,3,5,9,11H2,(H,23,25)/t16-/m1/s1. The zero-order chi connectivity index (χ0) is 18.1. The number of oxazole rings is 1. The molecule has 0 radical (unpaired) electrons. The molecule has 0 bridgehead atoms. The van der Waals surface area contributed by atoms with Crippen LogP contribution in [0.15, 0.2) is 46.9 Å². The van der Waals surface area contributed by atoms with E-state index in [9.17, 15) is 4.79 Å². The van der Waals surface area contributed by atoms with Gasteiger partial charge < -0.3 is 9.73 Å². The van der Waals surface area contributed by atoms with Gasteiger partial charge in [0.15, 0.2) is 5.58 Å². The van der Waals surface area contributed by atoms with Crippen molar-refractivity contribution in [3.05, 3.63) is 58.4 Å². The number of amides is 1. The van der Waals surface area contributed by atoms with Crippen molar-refractivity contribution in [2.45, 2.75) is 25.4 Å². The van der Waals surface area contributed by atoms with Gasteiger partial charge in [-0.15, -0.1) is 0 Å². The van der Waals surface area contributed by atoms with Crippen LogP contribution < -0.4 is 5.32 Å². The van der Waals surface area contributed by atoms with Crippen LogP contribution in [0.1, 0.15) is 18.7 Å². The van der Waals surface area contributed by atoms with E-state index < -0.39 is 0 Å². The Hall–Kier alpha value is -2.08. The molecule has 134 valence electrons. The van der Waals surface area contributed by atoms with Crippen LogP contribution in [0.3, 0.4) is 0 Å². The average molecular weight is 390 g/mol. The summed E-state index contributed by atoms with van der Waals surface area (Å²) in [7, 11) is 0. The molecule has 1 atom stereocenters. The molecule has 5 nitrogen and oxygen atoms in total. The maximum Gasteiger partial charge on any atom is 0.241 e. The predicted octanol–water partition coefficient (Wildman–Crippen LogP) is 4.74. The molecule has 1 aromatic heterocycles. The van der Waals surface area contributed by atoms with E-state index in [0.717, 1.165) is 30.5 Å². The summed E-state index contributed by atoms with van der Waals surface area (Å²) >= 11 is 12.1. The zero-order valence-electron chi connectivity index (χ0n) is 13.9. The van der Waals surface area contributed by atoms with Crippen LogP contribution in [0.2, 0.25) is 10.0 Å². The third-order valence-corrected chi connectivity index (χ3v) is 5.09. The highest BCUT2D eigenvalue weighted by molar-refractivity contribution is 6.35.